The third-order valence-corrected chi connectivity index (χ3v) is 2.45. The Bertz CT molecular complexity index is 496. The van der Waals surface area contributed by atoms with Crippen LogP contribution in [0.3, 0.4) is 0 Å². The molecule has 2 aromatic carbocycles. The predicted octanol–water partition coefficient (Wildman–Crippen LogP) is 3.28. The molecule has 0 aliphatic carbocycles. The Balaban J connectivity index is 2.29. The Hall–Kier alpha value is -2.13. The first kappa shape index (κ1) is 12.3. The van der Waals surface area contributed by atoms with Crippen molar-refractivity contribution < 1.29 is 9.63 Å². The highest BCUT2D eigenvalue weighted by Gasteiger charge is 2.17. The minimum Gasteiger partial charge on any atom is -0.266 e. The van der Waals surface area contributed by atoms with Crippen molar-refractivity contribution in [3.05, 3.63) is 66.2 Å². The van der Waals surface area contributed by atoms with Crippen LogP contribution in [0.4, 0.5) is 5.69 Å². The van der Waals surface area contributed by atoms with Gasteiger partial charge in [-0.05, 0) is 31.2 Å². The normalized spacial score (nSPS) is 10.1. The second-order valence-electron chi connectivity index (χ2n) is 3.72. The molecular formula is C15H15NO2. The van der Waals surface area contributed by atoms with Crippen LogP contribution in [0.1, 0.15) is 17.3 Å². The van der Waals surface area contributed by atoms with Crippen molar-refractivity contribution in [1.82, 2.24) is 0 Å². The summed E-state index contributed by atoms with van der Waals surface area (Å²) in [5.41, 5.74) is 1.34. The topological polar surface area (TPSA) is 29.5 Å². The van der Waals surface area contributed by atoms with E-state index < -0.39 is 0 Å². The molecule has 0 saturated carbocycles. The van der Waals surface area contributed by atoms with E-state index in [0.29, 0.717) is 12.2 Å². The number of para-hydroxylation sites is 1. The molecule has 0 aliphatic rings. The van der Waals surface area contributed by atoms with Crippen molar-refractivity contribution >= 4 is 11.6 Å². The molecule has 0 atom stereocenters. The highest BCUT2D eigenvalue weighted by Crippen LogP contribution is 2.17. The standard InChI is InChI=1S/C15H15NO2/c1-2-18-16(14-11-7-4-8-12-14)15(17)13-9-5-3-6-10-13/h3-12H,2H2,1H3. The van der Waals surface area contributed by atoms with Crippen molar-refractivity contribution in [3.63, 3.8) is 0 Å². The first-order valence-corrected chi connectivity index (χ1v) is 5.90. The number of hydroxylamine groups is 1. The number of hydrogen-bond acceptors (Lipinski definition) is 2. The van der Waals surface area contributed by atoms with Crippen molar-refractivity contribution in [1.29, 1.82) is 0 Å². The number of nitrogens with zero attached hydrogens (tertiary/aromatic N) is 1. The Morgan fingerprint density at radius 1 is 1.00 bits per heavy atom. The molecule has 2 rings (SSSR count). The third-order valence-electron chi connectivity index (χ3n) is 2.45. The number of benzene rings is 2. The summed E-state index contributed by atoms with van der Waals surface area (Å²) in [6, 6.07) is 18.4. The maximum Gasteiger partial charge on any atom is 0.282 e. The summed E-state index contributed by atoms with van der Waals surface area (Å²) in [5.74, 6) is -0.163. The number of amides is 1. The molecule has 92 valence electrons. The van der Waals surface area contributed by atoms with Crippen molar-refractivity contribution in [2.45, 2.75) is 6.92 Å². The first-order chi connectivity index (χ1) is 8.83. The molecule has 0 spiro atoms. The zero-order chi connectivity index (χ0) is 12.8. The molecule has 0 bridgehead atoms. The van der Waals surface area contributed by atoms with Gasteiger partial charge in [-0.1, -0.05) is 36.4 Å². The lowest BCUT2D eigenvalue weighted by Crippen LogP contribution is -2.31. The SMILES string of the molecule is CCON(C(=O)c1ccccc1)c1ccccc1. The van der Waals surface area contributed by atoms with Gasteiger partial charge in [-0.25, -0.2) is 0 Å². The highest BCUT2D eigenvalue weighted by atomic mass is 16.7. The molecule has 0 N–H and O–H groups in total. The Morgan fingerprint density at radius 3 is 2.11 bits per heavy atom. The van der Waals surface area contributed by atoms with Crippen LogP contribution < -0.4 is 5.06 Å². The fourth-order valence-electron chi connectivity index (χ4n) is 1.64. The van der Waals surface area contributed by atoms with Crippen molar-refractivity contribution in [2.75, 3.05) is 11.7 Å². The molecule has 18 heavy (non-hydrogen) atoms. The number of hydrogen-bond donors (Lipinski definition) is 0. The molecule has 0 unspecified atom stereocenters. The monoisotopic (exact) mass is 241 g/mol. The summed E-state index contributed by atoms with van der Waals surface area (Å²) in [7, 11) is 0. The molecule has 0 heterocycles. The summed E-state index contributed by atoms with van der Waals surface area (Å²) >= 11 is 0. The van der Waals surface area contributed by atoms with Gasteiger partial charge in [0.2, 0.25) is 0 Å². The number of carbonyl (C=O) groups excluding carboxylic acids is 1. The zero-order valence-electron chi connectivity index (χ0n) is 10.2. The molecule has 0 radical (unpaired) electrons. The van der Waals surface area contributed by atoms with E-state index in [1.165, 1.54) is 5.06 Å². The lowest BCUT2D eigenvalue weighted by molar-refractivity contribution is 0.0680. The quantitative estimate of drug-likeness (QED) is 0.769. The number of anilines is 1. The first-order valence-electron chi connectivity index (χ1n) is 5.90. The fourth-order valence-corrected chi connectivity index (χ4v) is 1.64. The van der Waals surface area contributed by atoms with Gasteiger partial charge in [-0.15, -0.1) is 0 Å². The second-order valence-corrected chi connectivity index (χ2v) is 3.72. The second kappa shape index (κ2) is 5.98. The average molecular weight is 241 g/mol. The van der Waals surface area contributed by atoms with Crippen molar-refractivity contribution in [3.8, 4) is 0 Å². The maximum atomic E-state index is 12.3. The minimum absolute atomic E-state index is 0.163. The third kappa shape index (κ3) is 2.76. The zero-order valence-corrected chi connectivity index (χ0v) is 10.2. The van der Waals surface area contributed by atoms with Crippen LogP contribution in [0.5, 0.6) is 0 Å². The molecule has 2 aromatic rings. The van der Waals surface area contributed by atoms with Crippen LogP contribution >= 0.6 is 0 Å². The molecule has 0 fully saturated rings. The van der Waals surface area contributed by atoms with Gasteiger partial charge in [0.05, 0.1) is 12.3 Å². The van der Waals surface area contributed by atoms with Crippen LogP contribution in [0.25, 0.3) is 0 Å². The van der Waals surface area contributed by atoms with Crippen LogP contribution in [-0.2, 0) is 4.84 Å². The van der Waals surface area contributed by atoms with E-state index in [2.05, 4.69) is 0 Å². The lowest BCUT2D eigenvalue weighted by atomic mass is 10.2. The fraction of sp³-hybridized carbons (Fsp3) is 0.133. The molecule has 3 heteroatoms. The van der Waals surface area contributed by atoms with Gasteiger partial charge < -0.3 is 0 Å². The van der Waals surface area contributed by atoms with Crippen molar-refractivity contribution in [2.24, 2.45) is 0 Å². The molecule has 1 amide bonds. The van der Waals surface area contributed by atoms with E-state index in [1.54, 1.807) is 12.1 Å². The molecule has 0 aliphatic heterocycles. The minimum atomic E-state index is -0.163. The average Bonchev–Trinajstić information content (AvgIpc) is 2.46. The summed E-state index contributed by atoms with van der Waals surface area (Å²) in [6.07, 6.45) is 0. The molecular weight excluding hydrogens is 226 g/mol. The van der Waals surface area contributed by atoms with Gasteiger partial charge in [0.1, 0.15) is 0 Å². The largest absolute Gasteiger partial charge is 0.282 e. The van der Waals surface area contributed by atoms with Gasteiger partial charge in [0.25, 0.3) is 5.91 Å². The van der Waals surface area contributed by atoms with E-state index in [-0.39, 0.29) is 5.91 Å². The predicted molar refractivity (Wildman–Crippen MR) is 71.3 cm³/mol. The van der Waals surface area contributed by atoms with Crippen LogP contribution in [0, 0.1) is 0 Å². The van der Waals surface area contributed by atoms with Gasteiger partial charge >= 0.3 is 0 Å². The summed E-state index contributed by atoms with van der Waals surface area (Å²) in [6.45, 7) is 2.29. The number of carbonyl (C=O) groups is 1. The van der Waals surface area contributed by atoms with E-state index in [1.807, 2.05) is 55.5 Å². The van der Waals surface area contributed by atoms with Crippen LogP contribution in [0.15, 0.2) is 60.7 Å². The van der Waals surface area contributed by atoms with Gasteiger partial charge in [-0.2, -0.15) is 5.06 Å². The molecule has 3 nitrogen and oxygen atoms in total. The lowest BCUT2D eigenvalue weighted by Gasteiger charge is -2.21. The molecule has 0 aromatic heterocycles. The van der Waals surface area contributed by atoms with Gasteiger partial charge in [-0.3, -0.25) is 9.63 Å². The number of rotatable bonds is 4. The highest BCUT2D eigenvalue weighted by molar-refractivity contribution is 6.04. The maximum absolute atomic E-state index is 12.3. The van der Waals surface area contributed by atoms with E-state index in [4.69, 9.17) is 4.84 Å². The van der Waals surface area contributed by atoms with Gasteiger partial charge in [0, 0.05) is 5.56 Å². The summed E-state index contributed by atoms with van der Waals surface area (Å²) in [4.78, 5) is 17.8. The van der Waals surface area contributed by atoms with E-state index in [9.17, 15) is 4.79 Å². The van der Waals surface area contributed by atoms with E-state index >= 15 is 0 Å². The Labute approximate surface area is 107 Å². The van der Waals surface area contributed by atoms with E-state index in [0.717, 1.165) is 5.69 Å². The van der Waals surface area contributed by atoms with Crippen LogP contribution in [0.2, 0.25) is 0 Å². The van der Waals surface area contributed by atoms with Crippen LogP contribution in [-0.4, -0.2) is 12.5 Å². The summed E-state index contributed by atoms with van der Waals surface area (Å²) < 4.78 is 0. The van der Waals surface area contributed by atoms with Gasteiger partial charge in [0.15, 0.2) is 0 Å². The molecule has 0 saturated heterocycles. The Kier molecular flexibility index (Phi) is 4.10. The Morgan fingerprint density at radius 2 is 1.56 bits per heavy atom. The smallest absolute Gasteiger partial charge is 0.266 e. The summed E-state index contributed by atoms with van der Waals surface area (Å²) in [5, 5.41) is 1.33.